The summed E-state index contributed by atoms with van der Waals surface area (Å²) in [5.74, 6) is 0.734. The second-order valence-electron chi connectivity index (χ2n) is 7.61. The molecule has 5 heteroatoms. The zero-order valence-corrected chi connectivity index (χ0v) is 16.1. The molecule has 2 aliphatic rings. The largest absolute Gasteiger partial charge is 0.501 e. The molecule has 0 aromatic carbocycles. The maximum Gasteiger partial charge on any atom is 0.501 e. The van der Waals surface area contributed by atoms with Crippen LogP contribution in [0.1, 0.15) is 67.2 Å². The third-order valence-electron chi connectivity index (χ3n) is 4.22. The first-order chi connectivity index (χ1) is 10.3. The highest BCUT2D eigenvalue weighted by Crippen LogP contribution is 2.42. The molecule has 0 aromatic rings. The van der Waals surface area contributed by atoms with E-state index in [1.165, 1.54) is 19.3 Å². The molecule has 0 amide bonds. The van der Waals surface area contributed by atoms with Gasteiger partial charge in [-0.3, -0.25) is 0 Å². The van der Waals surface area contributed by atoms with Crippen molar-refractivity contribution in [2.45, 2.75) is 104 Å². The first-order valence-corrected chi connectivity index (χ1v) is 10.9. The van der Waals surface area contributed by atoms with Crippen LogP contribution in [0.5, 0.6) is 0 Å². The van der Waals surface area contributed by atoms with Gasteiger partial charge in [-0.1, -0.05) is 0 Å². The van der Waals surface area contributed by atoms with Crippen molar-refractivity contribution in [2.24, 2.45) is 5.92 Å². The molecule has 130 valence electrons. The molecule has 0 aromatic heterocycles. The minimum Gasteiger partial charge on any atom is -0.371 e. The molecule has 1 aliphatic carbocycles. The molecule has 2 fully saturated rings. The number of hydrogen-bond acceptors (Lipinski definition) is 4. The summed E-state index contributed by atoms with van der Waals surface area (Å²) in [4.78, 5) is 0. The minimum atomic E-state index is -2.62. The molecule has 4 nitrogen and oxygen atoms in total. The normalized spacial score (nSPS) is 28.5. The first-order valence-electron chi connectivity index (χ1n) is 8.98. The Bertz CT molecular complexity index is 319. The summed E-state index contributed by atoms with van der Waals surface area (Å²) in [6.07, 6.45) is 6.35. The molecule has 2 rings (SSSR count). The van der Waals surface area contributed by atoms with Crippen LogP contribution in [0.2, 0.25) is 6.04 Å². The average molecular weight is 331 g/mol. The zero-order valence-electron chi connectivity index (χ0n) is 15.1. The smallest absolute Gasteiger partial charge is 0.371 e. The molecule has 1 heterocycles. The van der Waals surface area contributed by atoms with Crippen molar-refractivity contribution in [3.63, 3.8) is 0 Å². The van der Waals surface area contributed by atoms with Gasteiger partial charge in [-0.05, 0) is 73.1 Å². The SMILES string of the molecule is CC(C)O[Si](CCC1CCC2OC2C1)(OC(C)C)OC(C)C. The van der Waals surface area contributed by atoms with E-state index in [2.05, 4.69) is 41.5 Å². The highest BCUT2D eigenvalue weighted by molar-refractivity contribution is 6.60. The van der Waals surface area contributed by atoms with Gasteiger partial charge in [-0.2, -0.15) is 0 Å². The lowest BCUT2D eigenvalue weighted by Gasteiger charge is -2.35. The number of fused-ring (bicyclic) bond motifs is 1. The quantitative estimate of drug-likeness (QED) is 0.470. The molecule has 1 saturated carbocycles. The van der Waals surface area contributed by atoms with Crippen LogP contribution in [0.4, 0.5) is 0 Å². The van der Waals surface area contributed by atoms with E-state index < -0.39 is 8.80 Å². The summed E-state index contributed by atoms with van der Waals surface area (Å²) in [6.45, 7) is 12.4. The van der Waals surface area contributed by atoms with Crippen LogP contribution in [-0.4, -0.2) is 39.3 Å². The molecule has 0 radical (unpaired) electrons. The molecule has 1 aliphatic heterocycles. The minimum absolute atomic E-state index is 0.131. The molecule has 22 heavy (non-hydrogen) atoms. The fourth-order valence-corrected chi connectivity index (χ4v) is 6.90. The molecule has 3 unspecified atom stereocenters. The van der Waals surface area contributed by atoms with E-state index in [1.807, 2.05) is 0 Å². The van der Waals surface area contributed by atoms with E-state index in [4.69, 9.17) is 18.0 Å². The lowest BCUT2D eigenvalue weighted by Crippen LogP contribution is -2.50. The Morgan fingerprint density at radius 3 is 1.86 bits per heavy atom. The fraction of sp³-hybridized carbons (Fsp3) is 1.00. The molecule has 0 N–H and O–H groups in total. The maximum atomic E-state index is 6.25. The number of ether oxygens (including phenoxy) is 1. The molecule has 3 atom stereocenters. The van der Waals surface area contributed by atoms with Crippen molar-refractivity contribution in [3.8, 4) is 0 Å². The maximum absolute atomic E-state index is 6.25. The predicted molar refractivity (Wildman–Crippen MR) is 89.8 cm³/mol. The van der Waals surface area contributed by atoms with E-state index in [1.54, 1.807) is 0 Å². The monoisotopic (exact) mass is 330 g/mol. The van der Waals surface area contributed by atoms with Crippen LogP contribution in [0.3, 0.4) is 0 Å². The predicted octanol–water partition coefficient (Wildman–Crippen LogP) is 4.16. The van der Waals surface area contributed by atoms with Crippen LogP contribution in [0.15, 0.2) is 0 Å². The van der Waals surface area contributed by atoms with Crippen molar-refractivity contribution in [3.05, 3.63) is 0 Å². The van der Waals surface area contributed by atoms with Crippen LogP contribution in [0, 0.1) is 5.92 Å². The summed E-state index contributed by atoms with van der Waals surface area (Å²) >= 11 is 0. The summed E-state index contributed by atoms with van der Waals surface area (Å²) < 4.78 is 24.4. The lowest BCUT2D eigenvalue weighted by atomic mass is 9.88. The van der Waals surface area contributed by atoms with Crippen molar-refractivity contribution in [1.82, 2.24) is 0 Å². The van der Waals surface area contributed by atoms with E-state index in [0.717, 1.165) is 18.4 Å². The Morgan fingerprint density at radius 2 is 1.41 bits per heavy atom. The second kappa shape index (κ2) is 7.75. The van der Waals surface area contributed by atoms with E-state index >= 15 is 0 Å². The fourth-order valence-electron chi connectivity index (χ4n) is 3.47. The first kappa shape index (κ1) is 18.4. The van der Waals surface area contributed by atoms with Gasteiger partial charge in [0.15, 0.2) is 0 Å². The van der Waals surface area contributed by atoms with Crippen LogP contribution < -0.4 is 0 Å². The lowest BCUT2D eigenvalue weighted by molar-refractivity contribution is 0.00185. The van der Waals surface area contributed by atoms with Crippen molar-refractivity contribution < 1.29 is 18.0 Å². The van der Waals surface area contributed by atoms with Gasteiger partial charge in [0.2, 0.25) is 0 Å². The number of hydrogen-bond donors (Lipinski definition) is 0. The summed E-state index contributed by atoms with van der Waals surface area (Å²) in [7, 11) is -2.62. The van der Waals surface area contributed by atoms with Gasteiger partial charge in [0.25, 0.3) is 0 Å². The van der Waals surface area contributed by atoms with Crippen molar-refractivity contribution in [1.29, 1.82) is 0 Å². The van der Waals surface area contributed by atoms with Crippen LogP contribution in [0.25, 0.3) is 0 Å². The Morgan fingerprint density at radius 1 is 0.864 bits per heavy atom. The highest BCUT2D eigenvalue weighted by Gasteiger charge is 2.47. The summed E-state index contributed by atoms with van der Waals surface area (Å²) in [5.41, 5.74) is 0. The van der Waals surface area contributed by atoms with Crippen LogP contribution >= 0.6 is 0 Å². The Balaban J connectivity index is 1.96. The molecule has 1 saturated heterocycles. The third kappa shape index (κ3) is 5.60. The third-order valence-corrected chi connectivity index (χ3v) is 7.61. The molecule has 0 bridgehead atoms. The molecule has 0 spiro atoms. The van der Waals surface area contributed by atoms with Gasteiger partial charge in [-0.15, -0.1) is 0 Å². The van der Waals surface area contributed by atoms with Crippen molar-refractivity contribution >= 4 is 8.80 Å². The van der Waals surface area contributed by atoms with Crippen LogP contribution in [-0.2, 0) is 18.0 Å². The van der Waals surface area contributed by atoms with E-state index in [9.17, 15) is 0 Å². The Labute approximate surface area is 137 Å². The van der Waals surface area contributed by atoms with Gasteiger partial charge in [0.05, 0.1) is 12.2 Å². The second-order valence-corrected chi connectivity index (χ2v) is 10.2. The Hall–Kier alpha value is 0.0569. The van der Waals surface area contributed by atoms with Gasteiger partial charge in [0, 0.05) is 24.4 Å². The standard InChI is InChI=1S/C17H34O4Si/c1-12(2)19-22(20-13(3)4,21-14(5)6)10-9-15-7-8-16-17(11-15)18-16/h12-17H,7-11H2,1-6H3. The zero-order chi connectivity index (χ0) is 16.3. The average Bonchev–Trinajstić information content (AvgIpc) is 3.12. The summed E-state index contributed by atoms with van der Waals surface area (Å²) in [6, 6.07) is 0.920. The highest BCUT2D eigenvalue weighted by atomic mass is 28.4. The van der Waals surface area contributed by atoms with Gasteiger partial charge in [0.1, 0.15) is 0 Å². The van der Waals surface area contributed by atoms with Gasteiger partial charge in [-0.25, -0.2) is 0 Å². The van der Waals surface area contributed by atoms with Gasteiger partial charge < -0.3 is 18.0 Å². The number of rotatable bonds is 9. The number of epoxide rings is 1. The molecular formula is C17H34O4Si. The Kier molecular flexibility index (Phi) is 6.48. The van der Waals surface area contributed by atoms with E-state index in [-0.39, 0.29) is 18.3 Å². The van der Waals surface area contributed by atoms with Crippen molar-refractivity contribution in [2.75, 3.05) is 0 Å². The molecular weight excluding hydrogens is 296 g/mol. The van der Waals surface area contributed by atoms with E-state index in [0.29, 0.717) is 12.2 Å². The topological polar surface area (TPSA) is 40.2 Å². The summed E-state index contributed by atoms with van der Waals surface area (Å²) in [5, 5.41) is 0. The van der Waals surface area contributed by atoms with Gasteiger partial charge >= 0.3 is 8.80 Å².